The van der Waals surface area contributed by atoms with Crippen LogP contribution in [0, 0.1) is 11.3 Å². The third kappa shape index (κ3) is 2.35. The Bertz CT molecular complexity index is 396. The van der Waals surface area contributed by atoms with Crippen LogP contribution in [0.25, 0.3) is 0 Å². The molecule has 0 unspecified atom stereocenters. The average molecular weight is 232 g/mol. The molecule has 2 saturated carbocycles. The van der Waals surface area contributed by atoms with Crippen LogP contribution < -0.4 is 10.6 Å². The van der Waals surface area contributed by atoms with Crippen molar-refractivity contribution in [2.75, 3.05) is 23.7 Å². The predicted octanol–water partition coefficient (Wildman–Crippen LogP) is 2.51. The number of rotatable bonds is 6. The Morgan fingerprint density at radius 3 is 2.82 bits per heavy atom. The molecular weight excluding hydrogens is 212 g/mol. The first-order valence-electron chi connectivity index (χ1n) is 6.63. The van der Waals surface area contributed by atoms with Crippen LogP contribution in [0.4, 0.5) is 11.8 Å². The van der Waals surface area contributed by atoms with Crippen molar-refractivity contribution in [2.45, 2.75) is 32.6 Å². The van der Waals surface area contributed by atoms with E-state index >= 15 is 0 Å². The molecule has 2 fully saturated rings. The second kappa shape index (κ2) is 4.17. The number of hydrogen-bond acceptors (Lipinski definition) is 4. The summed E-state index contributed by atoms with van der Waals surface area (Å²) in [5.41, 5.74) is 0.614. The summed E-state index contributed by atoms with van der Waals surface area (Å²) in [6.45, 7) is 3.99. The standard InChI is InChI=1S/C13H20N4/c1-2-14-12-15-8-5-11(17-12)16-9-13(6-7-13)10-3-4-10/h5,8,10H,2-4,6-7,9H2,1H3,(H2,14,15,16,17). The first-order valence-corrected chi connectivity index (χ1v) is 6.63. The van der Waals surface area contributed by atoms with Gasteiger partial charge in [-0.05, 0) is 50.0 Å². The molecule has 2 aliphatic rings. The highest BCUT2D eigenvalue weighted by Crippen LogP contribution is 2.61. The molecule has 0 aromatic carbocycles. The molecule has 0 spiro atoms. The highest BCUT2D eigenvalue weighted by molar-refractivity contribution is 5.40. The van der Waals surface area contributed by atoms with Crippen molar-refractivity contribution < 1.29 is 0 Å². The maximum Gasteiger partial charge on any atom is 0.224 e. The van der Waals surface area contributed by atoms with Gasteiger partial charge in [-0.3, -0.25) is 0 Å². The number of nitrogens with zero attached hydrogens (tertiary/aromatic N) is 2. The molecule has 1 aromatic rings. The van der Waals surface area contributed by atoms with Gasteiger partial charge in [-0.1, -0.05) is 0 Å². The van der Waals surface area contributed by atoms with Gasteiger partial charge in [-0.2, -0.15) is 4.98 Å². The lowest BCUT2D eigenvalue weighted by atomic mass is 10.0. The monoisotopic (exact) mass is 232 g/mol. The van der Waals surface area contributed by atoms with E-state index in [-0.39, 0.29) is 0 Å². The first-order chi connectivity index (χ1) is 8.32. The molecule has 0 aliphatic heterocycles. The number of hydrogen-bond donors (Lipinski definition) is 2. The van der Waals surface area contributed by atoms with Crippen LogP contribution in [0.15, 0.2) is 12.3 Å². The SMILES string of the molecule is CCNc1nccc(NCC2(C3CC3)CC2)n1. The Hall–Kier alpha value is -1.32. The Morgan fingerprint density at radius 2 is 2.18 bits per heavy atom. The Morgan fingerprint density at radius 1 is 1.35 bits per heavy atom. The van der Waals surface area contributed by atoms with Gasteiger partial charge in [0, 0.05) is 19.3 Å². The van der Waals surface area contributed by atoms with E-state index in [4.69, 9.17) is 0 Å². The van der Waals surface area contributed by atoms with Crippen molar-refractivity contribution >= 4 is 11.8 Å². The molecule has 0 bridgehead atoms. The Balaban J connectivity index is 1.59. The number of anilines is 2. The normalized spacial score (nSPS) is 21.0. The summed E-state index contributed by atoms with van der Waals surface area (Å²) in [5.74, 6) is 2.65. The Kier molecular flexibility index (Phi) is 2.65. The van der Waals surface area contributed by atoms with Crippen LogP contribution >= 0.6 is 0 Å². The minimum Gasteiger partial charge on any atom is -0.369 e. The summed E-state index contributed by atoms with van der Waals surface area (Å²) in [5, 5.41) is 6.61. The maximum absolute atomic E-state index is 4.44. The predicted molar refractivity (Wildman–Crippen MR) is 69.1 cm³/mol. The quantitative estimate of drug-likeness (QED) is 0.791. The van der Waals surface area contributed by atoms with Crippen LogP contribution in [0.5, 0.6) is 0 Å². The van der Waals surface area contributed by atoms with Gasteiger partial charge >= 0.3 is 0 Å². The van der Waals surface area contributed by atoms with E-state index < -0.39 is 0 Å². The van der Waals surface area contributed by atoms with Gasteiger partial charge < -0.3 is 10.6 Å². The van der Waals surface area contributed by atoms with Crippen LogP contribution in [-0.2, 0) is 0 Å². The fourth-order valence-corrected chi connectivity index (χ4v) is 2.55. The molecule has 1 aromatic heterocycles. The topological polar surface area (TPSA) is 49.8 Å². The van der Waals surface area contributed by atoms with Crippen LogP contribution in [0.2, 0.25) is 0 Å². The minimum atomic E-state index is 0.614. The molecule has 3 rings (SSSR count). The summed E-state index contributed by atoms with van der Waals surface area (Å²) >= 11 is 0. The molecule has 2 aliphatic carbocycles. The maximum atomic E-state index is 4.44. The summed E-state index contributed by atoms with van der Waals surface area (Å²) < 4.78 is 0. The highest BCUT2D eigenvalue weighted by Gasteiger charge is 2.53. The average Bonchev–Trinajstić information content (AvgIpc) is 3.19. The van der Waals surface area contributed by atoms with Crippen molar-refractivity contribution in [1.82, 2.24) is 9.97 Å². The highest BCUT2D eigenvalue weighted by atomic mass is 15.1. The fourth-order valence-electron chi connectivity index (χ4n) is 2.55. The smallest absolute Gasteiger partial charge is 0.224 e. The van der Waals surface area contributed by atoms with E-state index in [2.05, 4.69) is 27.5 Å². The second-order valence-corrected chi connectivity index (χ2v) is 5.29. The molecule has 0 saturated heterocycles. The summed E-state index contributed by atoms with van der Waals surface area (Å²) in [7, 11) is 0. The molecule has 1 heterocycles. The number of aromatic nitrogens is 2. The minimum absolute atomic E-state index is 0.614. The molecule has 0 atom stereocenters. The molecular formula is C13H20N4. The van der Waals surface area contributed by atoms with Gasteiger partial charge in [0.05, 0.1) is 0 Å². The zero-order valence-electron chi connectivity index (χ0n) is 10.4. The molecule has 0 radical (unpaired) electrons. The van der Waals surface area contributed by atoms with Crippen LogP contribution in [0.1, 0.15) is 32.6 Å². The largest absolute Gasteiger partial charge is 0.369 e. The zero-order valence-corrected chi connectivity index (χ0v) is 10.4. The lowest BCUT2D eigenvalue weighted by molar-refractivity contribution is 0.466. The molecule has 17 heavy (non-hydrogen) atoms. The van der Waals surface area contributed by atoms with Crippen LogP contribution in [0.3, 0.4) is 0 Å². The van der Waals surface area contributed by atoms with Crippen molar-refractivity contribution in [3.8, 4) is 0 Å². The summed E-state index contributed by atoms with van der Waals surface area (Å²) in [6.07, 6.45) is 7.48. The third-order valence-corrected chi connectivity index (χ3v) is 3.95. The van der Waals surface area contributed by atoms with E-state index in [9.17, 15) is 0 Å². The van der Waals surface area contributed by atoms with Crippen molar-refractivity contribution in [3.05, 3.63) is 12.3 Å². The van der Waals surface area contributed by atoms with Gasteiger partial charge in [0.25, 0.3) is 0 Å². The summed E-state index contributed by atoms with van der Waals surface area (Å²) in [4.78, 5) is 8.61. The number of nitrogens with one attached hydrogen (secondary N) is 2. The first kappa shape index (κ1) is 10.8. The summed E-state index contributed by atoms with van der Waals surface area (Å²) in [6, 6.07) is 1.95. The van der Waals surface area contributed by atoms with Gasteiger partial charge in [0.2, 0.25) is 5.95 Å². The molecule has 4 nitrogen and oxygen atoms in total. The van der Waals surface area contributed by atoms with Crippen LogP contribution in [-0.4, -0.2) is 23.1 Å². The lowest BCUT2D eigenvalue weighted by Gasteiger charge is -2.15. The van der Waals surface area contributed by atoms with Gasteiger partial charge in [0.15, 0.2) is 0 Å². The van der Waals surface area contributed by atoms with E-state index in [1.54, 1.807) is 0 Å². The second-order valence-electron chi connectivity index (χ2n) is 5.29. The lowest BCUT2D eigenvalue weighted by Crippen LogP contribution is -2.18. The molecule has 92 valence electrons. The molecule has 4 heteroatoms. The van der Waals surface area contributed by atoms with E-state index in [1.807, 2.05) is 12.3 Å². The van der Waals surface area contributed by atoms with Crippen molar-refractivity contribution in [2.24, 2.45) is 11.3 Å². The van der Waals surface area contributed by atoms with Gasteiger partial charge in [-0.15, -0.1) is 0 Å². The van der Waals surface area contributed by atoms with Crippen molar-refractivity contribution in [1.29, 1.82) is 0 Å². The van der Waals surface area contributed by atoms with Crippen molar-refractivity contribution in [3.63, 3.8) is 0 Å². The van der Waals surface area contributed by atoms with Gasteiger partial charge in [-0.25, -0.2) is 4.98 Å². The molecule has 2 N–H and O–H groups in total. The fraction of sp³-hybridized carbons (Fsp3) is 0.692. The zero-order chi connectivity index (χ0) is 11.7. The van der Waals surface area contributed by atoms with E-state index in [1.165, 1.54) is 25.7 Å². The third-order valence-electron chi connectivity index (χ3n) is 3.95. The molecule has 0 amide bonds. The van der Waals surface area contributed by atoms with E-state index in [0.29, 0.717) is 11.4 Å². The van der Waals surface area contributed by atoms with Gasteiger partial charge in [0.1, 0.15) is 5.82 Å². The Labute approximate surface area is 102 Å². The van der Waals surface area contributed by atoms with E-state index in [0.717, 1.165) is 24.8 Å².